The molecule has 0 amide bonds. The van der Waals surface area contributed by atoms with Crippen LogP contribution in [0.3, 0.4) is 0 Å². The lowest BCUT2D eigenvalue weighted by atomic mass is 10.1. The van der Waals surface area contributed by atoms with Crippen molar-refractivity contribution in [2.24, 2.45) is 0 Å². The van der Waals surface area contributed by atoms with Crippen molar-refractivity contribution in [2.45, 2.75) is 13.3 Å². The lowest BCUT2D eigenvalue weighted by Gasteiger charge is -2.10. The minimum Gasteiger partial charge on any atom is -0.493 e. The number of carbonyl (C=O) groups excluding carboxylic acids is 1. The van der Waals surface area contributed by atoms with E-state index in [1.165, 1.54) is 19.5 Å². The van der Waals surface area contributed by atoms with Gasteiger partial charge in [0.1, 0.15) is 5.15 Å². The van der Waals surface area contributed by atoms with Crippen LogP contribution in [-0.2, 0) is 6.42 Å². The van der Waals surface area contributed by atoms with E-state index >= 15 is 0 Å². The molecule has 0 aliphatic heterocycles. The van der Waals surface area contributed by atoms with Crippen molar-refractivity contribution in [1.82, 2.24) is 14.4 Å². The van der Waals surface area contributed by atoms with E-state index in [4.69, 9.17) is 39.5 Å². The van der Waals surface area contributed by atoms with Gasteiger partial charge in [-0.05, 0) is 19.1 Å². The number of nitrogens with zero attached hydrogens (tertiary/aromatic N) is 3. The summed E-state index contributed by atoms with van der Waals surface area (Å²) in [5.41, 5.74) is 1.99. The Morgan fingerprint density at radius 2 is 1.88 bits per heavy atom. The second-order valence-corrected chi connectivity index (χ2v) is 6.29. The van der Waals surface area contributed by atoms with E-state index in [1.54, 1.807) is 23.5 Å². The Morgan fingerprint density at radius 1 is 1.21 bits per heavy atom. The summed E-state index contributed by atoms with van der Waals surface area (Å²) in [4.78, 5) is 21.1. The fraction of sp³-hybridized carbons (Fsp3) is 0.188. The van der Waals surface area contributed by atoms with Gasteiger partial charge in [-0.2, -0.15) is 0 Å². The molecular weight excluding hydrogens is 373 g/mol. The van der Waals surface area contributed by atoms with Crippen LogP contribution in [0.4, 0.5) is 0 Å². The molecule has 124 valence electrons. The Hall–Kier alpha value is -1.82. The number of pyridine rings is 2. The second kappa shape index (κ2) is 6.59. The zero-order valence-electron chi connectivity index (χ0n) is 12.8. The van der Waals surface area contributed by atoms with E-state index in [0.717, 1.165) is 0 Å². The average molecular weight is 385 g/mol. The van der Waals surface area contributed by atoms with Gasteiger partial charge >= 0.3 is 0 Å². The molecule has 0 aliphatic carbocycles. The zero-order chi connectivity index (χ0) is 17.4. The number of ether oxygens (including phenoxy) is 1. The van der Waals surface area contributed by atoms with Crippen molar-refractivity contribution in [1.29, 1.82) is 0 Å². The largest absolute Gasteiger partial charge is 0.493 e. The van der Waals surface area contributed by atoms with Crippen molar-refractivity contribution in [3.8, 4) is 5.75 Å². The van der Waals surface area contributed by atoms with E-state index in [1.807, 2.05) is 0 Å². The smallest absolute Gasteiger partial charge is 0.184 e. The summed E-state index contributed by atoms with van der Waals surface area (Å²) in [5.74, 6) is 0.332. The molecule has 0 aliphatic rings. The Kier molecular flexibility index (Phi) is 4.67. The van der Waals surface area contributed by atoms with Gasteiger partial charge in [-0.15, -0.1) is 0 Å². The number of hydrogen-bond donors (Lipinski definition) is 0. The van der Waals surface area contributed by atoms with Gasteiger partial charge in [0.25, 0.3) is 0 Å². The molecule has 3 aromatic heterocycles. The molecule has 0 unspecified atom stereocenters. The van der Waals surface area contributed by atoms with Crippen molar-refractivity contribution >= 4 is 46.2 Å². The summed E-state index contributed by atoms with van der Waals surface area (Å²) in [6.45, 7) is 1.76. The predicted molar refractivity (Wildman–Crippen MR) is 93.8 cm³/mol. The number of methoxy groups -OCH3 is 1. The van der Waals surface area contributed by atoms with E-state index in [9.17, 15) is 4.79 Å². The molecule has 3 rings (SSSR count). The summed E-state index contributed by atoms with van der Waals surface area (Å²) >= 11 is 18.5. The maximum absolute atomic E-state index is 12.8. The minimum absolute atomic E-state index is 0.0230. The number of carbonyl (C=O) groups is 1. The van der Waals surface area contributed by atoms with Crippen LogP contribution in [0.5, 0.6) is 5.75 Å². The number of halogens is 3. The standard InChI is InChI=1S/C16H12Cl3N3O2/c1-8-15(19)22-12(3-4-14(24-2)16(22)21-8)13(23)5-9-10(17)6-20-7-11(9)18/h3-4,6-7H,5H2,1-2H3. The fourth-order valence-corrected chi connectivity index (χ4v) is 3.15. The van der Waals surface area contributed by atoms with Gasteiger partial charge in [-0.1, -0.05) is 34.8 Å². The first-order valence-corrected chi connectivity index (χ1v) is 8.10. The Labute approximate surface area is 153 Å². The fourth-order valence-electron chi connectivity index (χ4n) is 2.43. The molecule has 0 aromatic carbocycles. The Bertz CT molecular complexity index is 933. The molecule has 3 heterocycles. The number of fused-ring (bicyclic) bond motifs is 1. The number of hydrogen-bond acceptors (Lipinski definition) is 4. The molecule has 0 saturated carbocycles. The molecular formula is C16H12Cl3N3O2. The van der Waals surface area contributed by atoms with Gasteiger partial charge in [0.05, 0.1) is 28.5 Å². The van der Waals surface area contributed by atoms with Gasteiger partial charge in [0.2, 0.25) is 0 Å². The van der Waals surface area contributed by atoms with Gasteiger partial charge in [0.15, 0.2) is 17.2 Å². The predicted octanol–water partition coefficient (Wildman–Crippen LogP) is 4.43. The molecule has 3 aromatic rings. The SMILES string of the molecule is COc1ccc(C(=O)Cc2c(Cl)cncc2Cl)n2c(Cl)c(C)nc12. The van der Waals surface area contributed by atoms with E-state index in [2.05, 4.69) is 9.97 Å². The van der Waals surface area contributed by atoms with Crippen LogP contribution < -0.4 is 4.74 Å². The number of ketones is 1. The van der Waals surface area contributed by atoms with E-state index in [-0.39, 0.29) is 12.2 Å². The van der Waals surface area contributed by atoms with Crippen LogP contribution >= 0.6 is 34.8 Å². The molecule has 0 bridgehead atoms. The van der Waals surface area contributed by atoms with Gasteiger partial charge in [0, 0.05) is 24.4 Å². The van der Waals surface area contributed by atoms with Crippen LogP contribution in [0.1, 0.15) is 21.7 Å². The van der Waals surface area contributed by atoms with Crippen LogP contribution in [0, 0.1) is 6.92 Å². The summed E-state index contributed by atoms with van der Waals surface area (Å²) in [6, 6.07) is 3.32. The number of imidazole rings is 1. The van der Waals surface area contributed by atoms with Crippen molar-refractivity contribution in [3.63, 3.8) is 0 Å². The molecule has 0 fully saturated rings. The third-order valence-corrected chi connectivity index (χ3v) is 4.72. The highest BCUT2D eigenvalue weighted by atomic mass is 35.5. The molecule has 0 saturated heterocycles. The highest BCUT2D eigenvalue weighted by molar-refractivity contribution is 6.36. The van der Waals surface area contributed by atoms with Gasteiger partial charge in [-0.25, -0.2) is 4.98 Å². The molecule has 5 nitrogen and oxygen atoms in total. The molecule has 0 atom stereocenters. The first-order valence-electron chi connectivity index (χ1n) is 6.96. The maximum atomic E-state index is 12.8. The number of aromatic nitrogens is 3. The lowest BCUT2D eigenvalue weighted by Crippen LogP contribution is -2.11. The highest BCUT2D eigenvalue weighted by Gasteiger charge is 2.20. The molecule has 8 heteroatoms. The number of Topliss-reactive ketones (excluding diaryl/α,β-unsaturated/α-hetero) is 1. The van der Waals surface area contributed by atoms with E-state index < -0.39 is 0 Å². The molecule has 0 N–H and O–H groups in total. The van der Waals surface area contributed by atoms with Crippen LogP contribution in [0.25, 0.3) is 5.65 Å². The zero-order valence-corrected chi connectivity index (χ0v) is 15.1. The van der Waals surface area contributed by atoms with Crippen molar-refractivity contribution in [3.05, 3.63) is 56.7 Å². The lowest BCUT2D eigenvalue weighted by molar-refractivity contribution is 0.0987. The highest BCUT2D eigenvalue weighted by Crippen LogP contribution is 2.29. The van der Waals surface area contributed by atoms with E-state index in [0.29, 0.717) is 43.5 Å². The Balaban J connectivity index is 2.11. The second-order valence-electron chi connectivity index (χ2n) is 5.12. The van der Waals surface area contributed by atoms with Crippen molar-refractivity contribution < 1.29 is 9.53 Å². The summed E-state index contributed by atoms with van der Waals surface area (Å²) in [5, 5.41) is 1.04. The first kappa shape index (κ1) is 17.0. The maximum Gasteiger partial charge on any atom is 0.184 e. The molecule has 0 radical (unpaired) electrons. The third-order valence-electron chi connectivity index (χ3n) is 3.63. The summed E-state index contributed by atoms with van der Waals surface area (Å²) in [6.07, 6.45) is 2.93. The molecule has 0 spiro atoms. The van der Waals surface area contributed by atoms with Gasteiger partial charge < -0.3 is 4.74 Å². The number of aryl methyl sites for hydroxylation is 1. The normalized spacial score (nSPS) is 11.0. The van der Waals surface area contributed by atoms with Gasteiger partial charge in [-0.3, -0.25) is 14.2 Å². The topological polar surface area (TPSA) is 56.5 Å². The van der Waals surface area contributed by atoms with Crippen LogP contribution in [-0.4, -0.2) is 27.3 Å². The molecule has 24 heavy (non-hydrogen) atoms. The quantitative estimate of drug-likeness (QED) is 0.624. The Morgan fingerprint density at radius 3 is 2.50 bits per heavy atom. The minimum atomic E-state index is -0.197. The average Bonchev–Trinajstić information content (AvgIpc) is 2.86. The van der Waals surface area contributed by atoms with Crippen LogP contribution in [0.15, 0.2) is 24.5 Å². The first-order chi connectivity index (χ1) is 11.4. The summed E-state index contributed by atoms with van der Waals surface area (Å²) < 4.78 is 6.85. The summed E-state index contributed by atoms with van der Waals surface area (Å²) in [7, 11) is 1.53. The number of rotatable bonds is 4. The monoisotopic (exact) mass is 383 g/mol. The third kappa shape index (κ3) is 2.83. The van der Waals surface area contributed by atoms with Crippen molar-refractivity contribution in [2.75, 3.05) is 7.11 Å². The van der Waals surface area contributed by atoms with Crippen LogP contribution in [0.2, 0.25) is 15.2 Å².